The van der Waals surface area contributed by atoms with Crippen LogP contribution >= 0.6 is 11.8 Å². The molecule has 30 heavy (non-hydrogen) atoms. The smallest absolute Gasteiger partial charge is 0.327 e. The number of nitrogens with zero attached hydrogens (tertiary/aromatic N) is 1. The van der Waals surface area contributed by atoms with Crippen LogP contribution in [0, 0.1) is 5.82 Å². The molecule has 1 aliphatic heterocycles. The molecule has 3 aromatic carbocycles. The molecular weight excluding hydrogens is 414 g/mol. The molecule has 0 saturated heterocycles. The van der Waals surface area contributed by atoms with E-state index in [1.54, 1.807) is 17.0 Å². The van der Waals surface area contributed by atoms with Crippen LogP contribution in [0.3, 0.4) is 0 Å². The summed E-state index contributed by atoms with van der Waals surface area (Å²) in [6, 6.07) is 18.9. The average molecular weight is 431 g/mol. The molecule has 0 aromatic heterocycles. The van der Waals surface area contributed by atoms with Crippen molar-refractivity contribution in [2.75, 3.05) is 6.54 Å². The van der Waals surface area contributed by atoms with Crippen LogP contribution in [-0.4, -0.2) is 22.9 Å². The minimum Gasteiger partial charge on any atom is -0.327 e. The summed E-state index contributed by atoms with van der Waals surface area (Å²) in [7, 11) is 0. The number of hydrogen-bond donors (Lipinski definition) is 0. The van der Waals surface area contributed by atoms with E-state index in [1.165, 1.54) is 36.4 Å². The van der Waals surface area contributed by atoms with Crippen LogP contribution in [0.25, 0.3) is 0 Å². The summed E-state index contributed by atoms with van der Waals surface area (Å²) >= 11 is -0.214. The van der Waals surface area contributed by atoms with Crippen LogP contribution in [0.4, 0.5) is 17.6 Å². The molecule has 1 atom stereocenters. The van der Waals surface area contributed by atoms with Gasteiger partial charge in [-0.25, -0.2) is 4.39 Å². The quantitative estimate of drug-likeness (QED) is 0.362. The van der Waals surface area contributed by atoms with Crippen molar-refractivity contribution in [3.8, 4) is 0 Å². The zero-order valence-electron chi connectivity index (χ0n) is 15.7. The van der Waals surface area contributed by atoms with Gasteiger partial charge < -0.3 is 4.90 Å². The lowest BCUT2D eigenvalue weighted by Crippen LogP contribution is -2.40. The maximum atomic E-state index is 13.5. The number of amides is 1. The van der Waals surface area contributed by atoms with Crippen molar-refractivity contribution in [1.29, 1.82) is 0 Å². The third-order valence-corrected chi connectivity index (χ3v) is 5.80. The van der Waals surface area contributed by atoms with Crippen LogP contribution in [0.1, 0.15) is 33.1 Å². The molecule has 1 aliphatic rings. The normalized spacial score (nSPS) is 16.3. The zero-order valence-corrected chi connectivity index (χ0v) is 16.5. The van der Waals surface area contributed by atoms with Crippen molar-refractivity contribution in [3.05, 3.63) is 101 Å². The van der Waals surface area contributed by atoms with E-state index < -0.39 is 11.6 Å². The molecule has 0 radical (unpaired) electrons. The molecule has 0 aliphatic carbocycles. The first kappa shape index (κ1) is 20.5. The molecule has 7 heteroatoms. The molecule has 0 bridgehead atoms. The molecule has 4 rings (SSSR count). The Labute approximate surface area is 175 Å². The number of thioether (sulfide) groups is 1. The summed E-state index contributed by atoms with van der Waals surface area (Å²) in [6.07, 6.45) is 0.668. The predicted molar refractivity (Wildman–Crippen MR) is 108 cm³/mol. The fourth-order valence-electron chi connectivity index (χ4n) is 3.75. The van der Waals surface area contributed by atoms with E-state index >= 15 is 0 Å². The molecule has 154 valence electrons. The van der Waals surface area contributed by atoms with Gasteiger partial charge in [0.05, 0.1) is 6.04 Å². The van der Waals surface area contributed by atoms with Crippen molar-refractivity contribution < 1.29 is 22.4 Å². The largest absolute Gasteiger partial charge is 0.446 e. The van der Waals surface area contributed by atoms with Gasteiger partial charge in [-0.05, 0) is 71.3 Å². The zero-order chi connectivity index (χ0) is 21.3. The lowest BCUT2D eigenvalue weighted by Gasteiger charge is -2.38. The molecule has 3 aromatic rings. The van der Waals surface area contributed by atoms with Crippen molar-refractivity contribution in [2.24, 2.45) is 0 Å². The molecule has 1 heterocycles. The lowest BCUT2D eigenvalue weighted by atomic mass is 9.87. The summed E-state index contributed by atoms with van der Waals surface area (Å²) in [5.74, 6) is -0.638. The van der Waals surface area contributed by atoms with E-state index in [4.69, 9.17) is 0 Å². The topological polar surface area (TPSA) is 20.3 Å². The van der Waals surface area contributed by atoms with Gasteiger partial charge in [0.25, 0.3) is 5.91 Å². The summed E-state index contributed by atoms with van der Waals surface area (Å²) in [4.78, 5) is 15.0. The number of hydrogen-bond acceptors (Lipinski definition) is 2. The number of rotatable bonds is 3. The number of alkyl halides is 3. The maximum Gasteiger partial charge on any atom is 0.446 e. The standard InChI is InChI=1S/C23H17F4NOS/c24-18-9-5-16(6-10-18)21-20-4-2-1-3-15(20)13-14-28(21)22(29)17-7-11-19(12-8-17)30-23(25,26)27/h1-12,21H,13-14H2/t21-/m0/s1. The van der Waals surface area contributed by atoms with E-state index in [1.807, 2.05) is 24.3 Å². The lowest BCUT2D eigenvalue weighted by molar-refractivity contribution is -0.0328. The summed E-state index contributed by atoms with van der Waals surface area (Å²) in [5, 5.41) is 0. The first-order valence-electron chi connectivity index (χ1n) is 9.32. The number of carbonyl (C=O) groups excluding carboxylic acids is 1. The number of carbonyl (C=O) groups is 1. The Kier molecular flexibility index (Phi) is 5.56. The second-order valence-electron chi connectivity index (χ2n) is 6.97. The van der Waals surface area contributed by atoms with Crippen LogP contribution in [0.2, 0.25) is 0 Å². The maximum absolute atomic E-state index is 13.5. The highest BCUT2D eigenvalue weighted by atomic mass is 32.2. The van der Waals surface area contributed by atoms with Crippen molar-refractivity contribution in [2.45, 2.75) is 22.9 Å². The van der Waals surface area contributed by atoms with E-state index in [2.05, 4.69) is 0 Å². The van der Waals surface area contributed by atoms with Crippen LogP contribution in [-0.2, 0) is 6.42 Å². The first-order chi connectivity index (χ1) is 14.3. The Morgan fingerprint density at radius 1 is 0.933 bits per heavy atom. The van der Waals surface area contributed by atoms with Crippen molar-refractivity contribution in [1.82, 2.24) is 4.90 Å². The second-order valence-corrected chi connectivity index (χ2v) is 8.11. The minimum atomic E-state index is -4.38. The fraction of sp³-hybridized carbons (Fsp3) is 0.174. The first-order valence-corrected chi connectivity index (χ1v) is 10.1. The third-order valence-electron chi connectivity index (χ3n) is 5.06. The SMILES string of the molecule is O=C(c1ccc(SC(F)(F)F)cc1)N1CCc2ccccc2[C@@H]1c1ccc(F)cc1. The average Bonchev–Trinajstić information content (AvgIpc) is 2.72. The van der Waals surface area contributed by atoms with Gasteiger partial charge in [0.2, 0.25) is 0 Å². The second kappa shape index (κ2) is 8.14. The van der Waals surface area contributed by atoms with Crippen LogP contribution < -0.4 is 0 Å². The van der Waals surface area contributed by atoms with Crippen molar-refractivity contribution in [3.63, 3.8) is 0 Å². The Bertz CT molecular complexity index is 1050. The molecule has 0 N–H and O–H groups in total. The Morgan fingerprint density at radius 2 is 1.60 bits per heavy atom. The molecule has 0 unspecified atom stereocenters. The van der Waals surface area contributed by atoms with Gasteiger partial charge in [-0.15, -0.1) is 0 Å². The Morgan fingerprint density at radius 3 is 2.27 bits per heavy atom. The van der Waals surface area contributed by atoms with Crippen LogP contribution in [0.15, 0.2) is 77.7 Å². The fourth-order valence-corrected chi connectivity index (χ4v) is 4.29. The summed E-state index contributed by atoms with van der Waals surface area (Å²) in [6.45, 7) is 0.455. The minimum absolute atomic E-state index is 0.0260. The van der Waals surface area contributed by atoms with E-state index in [0.29, 0.717) is 18.5 Å². The van der Waals surface area contributed by atoms with Gasteiger partial charge in [0.1, 0.15) is 5.82 Å². The van der Waals surface area contributed by atoms with Crippen molar-refractivity contribution >= 4 is 17.7 Å². The molecular formula is C23H17F4NOS. The van der Waals surface area contributed by atoms with E-state index in [0.717, 1.165) is 16.7 Å². The molecule has 2 nitrogen and oxygen atoms in total. The predicted octanol–water partition coefficient (Wildman–Crippen LogP) is 6.23. The highest BCUT2D eigenvalue weighted by Gasteiger charge is 2.33. The molecule has 0 spiro atoms. The van der Waals surface area contributed by atoms with E-state index in [9.17, 15) is 22.4 Å². The number of fused-ring (bicyclic) bond motifs is 1. The van der Waals surface area contributed by atoms with E-state index in [-0.39, 0.29) is 28.4 Å². The number of halogens is 4. The highest BCUT2D eigenvalue weighted by molar-refractivity contribution is 8.00. The third kappa shape index (κ3) is 4.36. The highest BCUT2D eigenvalue weighted by Crippen LogP contribution is 2.38. The van der Waals surface area contributed by atoms with Gasteiger partial charge in [-0.1, -0.05) is 36.4 Å². The molecule has 1 amide bonds. The van der Waals surface area contributed by atoms with Gasteiger partial charge in [0.15, 0.2) is 0 Å². The summed E-state index contributed by atoms with van der Waals surface area (Å²) < 4.78 is 51.1. The number of benzene rings is 3. The van der Waals surface area contributed by atoms with Crippen LogP contribution in [0.5, 0.6) is 0 Å². The van der Waals surface area contributed by atoms with Gasteiger partial charge >= 0.3 is 5.51 Å². The Balaban J connectivity index is 1.68. The van der Waals surface area contributed by atoms with Gasteiger partial charge in [-0.3, -0.25) is 4.79 Å². The monoisotopic (exact) mass is 431 g/mol. The van der Waals surface area contributed by atoms with Gasteiger partial charge in [0, 0.05) is 17.0 Å². The van der Waals surface area contributed by atoms with Gasteiger partial charge in [-0.2, -0.15) is 13.2 Å². The Hall–Kier alpha value is -2.80. The molecule has 0 fully saturated rings. The summed E-state index contributed by atoms with van der Waals surface area (Å²) in [5.41, 5.74) is -1.20. The molecule has 0 saturated carbocycles.